The van der Waals surface area contributed by atoms with Gasteiger partial charge in [-0.1, -0.05) is 6.07 Å². The molecule has 14 heavy (non-hydrogen) atoms. The van der Waals surface area contributed by atoms with Crippen molar-refractivity contribution < 1.29 is 4.39 Å². The Bertz CT molecular complexity index is 551. The van der Waals surface area contributed by atoms with Crippen LogP contribution in [0.2, 0.25) is 0 Å². The topological polar surface area (TPSA) is 20.7 Å². The van der Waals surface area contributed by atoms with Crippen LogP contribution in [0.25, 0.3) is 11.0 Å². The molecule has 0 bridgehead atoms. The molecule has 0 unspecified atom stereocenters. The van der Waals surface area contributed by atoms with Crippen molar-refractivity contribution in [3.8, 4) is 0 Å². The lowest BCUT2D eigenvalue weighted by Gasteiger charge is -1.99. The zero-order chi connectivity index (χ0) is 9.71. The first kappa shape index (κ1) is 8.17. The number of halogens is 1. The molecule has 1 N–H and O–H groups in total. The van der Waals surface area contributed by atoms with Gasteiger partial charge in [0.1, 0.15) is 11.3 Å². The smallest absolute Gasteiger partial charge is 0.178 e. The molecule has 4 heteroatoms. The molecule has 1 aromatic heterocycles. The molecule has 1 saturated carbocycles. The number of aromatic nitrogens is 2. The molecule has 1 heterocycles. The number of nitrogens with one attached hydrogen (secondary N) is 1. The van der Waals surface area contributed by atoms with E-state index in [0.29, 0.717) is 16.3 Å². The molecular formula is C10H9FN2S. The summed E-state index contributed by atoms with van der Waals surface area (Å²) in [6.07, 6.45) is 2.30. The van der Waals surface area contributed by atoms with Gasteiger partial charge in [0.25, 0.3) is 0 Å². The fourth-order valence-electron chi connectivity index (χ4n) is 1.81. The quantitative estimate of drug-likeness (QED) is 0.714. The summed E-state index contributed by atoms with van der Waals surface area (Å²) in [5.41, 5.74) is 1.42. The highest BCUT2D eigenvalue weighted by atomic mass is 32.1. The summed E-state index contributed by atoms with van der Waals surface area (Å²) in [5.74, 6) is -0.229. The van der Waals surface area contributed by atoms with E-state index < -0.39 is 0 Å². The maximum Gasteiger partial charge on any atom is 0.178 e. The van der Waals surface area contributed by atoms with Gasteiger partial charge in [0.15, 0.2) is 4.77 Å². The maximum atomic E-state index is 13.4. The lowest BCUT2D eigenvalue weighted by Crippen LogP contribution is -1.92. The van der Waals surface area contributed by atoms with Gasteiger partial charge in [0, 0.05) is 6.04 Å². The average Bonchev–Trinajstić information content (AvgIpc) is 2.91. The molecule has 0 atom stereocenters. The van der Waals surface area contributed by atoms with Crippen molar-refractivity contribution in [2.75, 3.05) is 0 Å². The standard InChI is InChI=1S/C10H9FN2S/c11-7-2-1-3-8-9(7)12-10(14)13(8)6-4-5-6/h1-3,6H,4-5H2,(H,12,14). The van der Waals surface area contributed by atoms with Gasteiger partial charge >= 0.3 is 0 Å². The monoisotopic (exact) mass is 208 g/mol. The van der Waals surface area contributed by atoms with E-state index in [0.717, 1.165) is 18.4 Å². The van der Waals surface area contributed by atoms with Crippen LogP contribution in [-0.2, 0) is 0 Å². The molecule has 1 fully saturated rings. The summed E-state index contributed by atoms with van der Waals surface area (Å²) in [7, 11) is 0. The van der Waals surface area contributed by atoms with Crippen molar-refractivity contribution >= 4 is 23.3 Å². The van der Waals surface area contributed by atoms with Crippen LogP contribution < -0.4 is 0 Å². The zero-order valence-electron chi connectivity index (χ0n) is 7.46. The molecule has 0 spiro atoms. The average molecular weight is 208 g/mol. The summed E-state index contributed by atoms with van der Waals surface area (Å²) >= 11 is 5.17. The number of fused-ring (bicyclic) bond motifs is 1. The first-order chi connectivity index (χ1) is 6.77. The SMILES string of the molecule is Fc1cccc2c1[nH]c(=S)n2C1CC1. The van der Waals surface area contributed by atoms with E-state index in [1.807, 2.05) is 10.6 Å². The minimum atomic E-state index is -0.229. The molecule has 0 aliphatic heterocycles. The van der Waals surface area contributed by atoms with Crippen LogP contribution in [-0.4, -0.2) is 9.55 Å². The van der Waals surface area contributed by atoms with E-state index in [2.05, 4.69) is 4.98 Å². The number of benzene rings is 1. The Kier molecular flexibility index (Phi) is 1.56. The van der Waals surface area contributed by atoms with Gasteiger partial charge in [-0.3, -0.25) is 0 Å². The molecule has 2 aromatic rings. The Morgan fingerprint density at radius 3 is 2.93 bits per heavy atom. The molecule has 1 aliphatic rings. The van der Waals surface area contributed by atoms with Crippen LogP contribution in [0, 0.1) is 10.6 Å². The van der Waals surface area contributed by atoms with Crippen molar-refractivity contribution in [2.45, 2.75) is 18.9 Å². The Labute approximate surface area is 85.4 Å². The molecule has 0 saturated heterocycles. The van der Waals surface area contributed by atoms with Crippen LogP contribution in [0.5, 0.6) is 0 Å². The maximum absolute atomic E-state index is 13.4. The fourth-order valence-corrected chi connectivity index (χ4v) is 2.16. The fraction of sp³-hybridized carbons (Fsp3) is 0.300. The molecular weight excluding hydrogens is 199 g/mol. The molecule has 72 valence electrons. The second-order valence-electron chi connectivity index (χ2n) is 3.67. The van der Waals surface area contributed by atoms with Crippen molar-refractivity contribution in [2.24, 2.45) is 0 Å². The van der Waals surface area contributed by atoms with Crippen molar-refractivity contribution in [1.29, 1.82) is 0 Å². The predicted octanol–water partition coefficient (Wildman–Crippen LogP) is 3.17. The van der Waals surface area contributed by atoms with Crippen molar-refractivity contribution in [3.05, 3.63) is 28.8 Å². The van der Waals surface area contributed by atoms with Gasteiger partial charge in [-0.15, -0.1) is 0 Å². The Hall–Kier alpha value is -1.16. The van der Waals surface area contributed by atoms with E-state index in [-0.39, 0.29) is 5.82 Å². The summed E-state index contributed by atoms with van der Waals surface area (Å²) < 4.78 is 16.0. The van der Waals surface area contributed by atoms with E-state index in [4.69, 9.17) is 12.2 Å². The molecule has 2 nitrogen and oxygen atoms in total. The van der Waals surface area contributed by atoms with Crippen LogP contribution in [0.3, 0.4) is 0 Å². The second kappa shape index (κ2) is 2.67. The second-order valence-corrected chi connectivity index (χ2v) is 4.05. The van der Waals surface area contributed by atoms with Crippen LogP contribution in [0.1, 0.15) is 18.9 Å². The van der Waals surface area contributed by atoms with E-state index >= 15 is 0 Å². The predicted molar refractivity (Wildman–Crippen MR) is 55.4 cm³/mol. The van der Waals surface area contributed by atoms with Crippen LogP contribution >= 0.6 is 12.2 Å². The van der Waals surface area contributed by atoms with E-state index in [9.17, 15) is 4.39 Å². The number of aromatic amines is 1. The number of imidazole rings is 1. The molecule has 3 rings (SSSR count). The normalized spacial score (nSPS) is 16.4. The molecule has 1 aromatic carbocycles. The number of nitrogens with zero attached hydrogens (tertiary/aromatic N) is 1. The Morgan fingerprint density at radius 1 is 1.43 bits per heavy atom. The lowest BCUT2D eigenvalue weighted by molar-refractivity contribution is 0.637. The van der Waals surface area contributed by atoms with Gasteiger partial charge in [-0.2, -0.15) is 0 Å². The highest BCUT2D eigenvalue weighted by molar-refractivity contribution is 7.71. The number of hydrogen-bond acceptors (Lipinski definition) is 1. The van der Waals surface area contributed by atoms with Crippen molar-refractivity contribution in [1.82, 2.24) is 9.55 Å². The molecule has 1 aliphatic carbocycles. The highest BCUT2D eigenvalue weighted by Gasteiger charge is 2.26. The van der Waals surface area contributed by atoms with E-state index in [1.165, 1.54) is 6.07 Å². The minimum Gasteiger partial charge on any atom is -0.328 e. The summed E-state index contributed by atoms with van der Waals surface area (Å²) in [5, 5.41) is 0. The van der Waals surface area contributed by atoms with Gasteiger partial charge in [-0.05, 0) is 37.2 Å². The lowest BCUT2D eigenvalue weighted by atomic mass is 10.3. The van der Waals surface area contributed by atoms with Crippen molar-refractivity contribution in [3.63, 3.8) is 0 Å². The minimum absolute atomic E-state index is 0.229. The molecule has 0 amide bonds. The number of H-pyrrole nitrogens is 1. The Morgan fingerprint density at radius 2 is 2.21 bits per heavy atom. The summed E-state index contributed by atoms with van der Waals surface area (Å²) in [6.45, 7) is 0. The van der Waals surface area contributed by atoms with Crippen LogP contribution in [0.15, 0.2) is 18.2 Å². The summed E-state index contributed by atoms with van der Waals surface area (Å²) in [4.78, 5) is 2.92. The Balaban J connectivity index is 2.43. The largest absolute Gasteiger partial charge is 0.328 e. The molecule has 0 radical (unpaired) electrons. The van der Waals surface area contributed by atoms with Gasteiger partial charge in [0.05, 0.1) is 5.52 Å². The first-order valence-corrected chi connectivity index (χ1v) is 5.07. The van der Waals surface area contributed by atoms with E-state index in [1.54, 1.807) is 6.07 Å². The third-order valence-corrected chi connectivity index (χ3v) is 2.91. The highest BCUT2D eigenvalue weighted by Crippen LogP contribution is 2.37. The number of hydrogen-bond donors (Lipinski definition) is 1. The summed E-state index contributed by atoms with van der Waals surface area (Å²) in [6, 6.07) is 5.56. The first-order valence-electron chi connectivity index (χ1n) is 4.66. The van der Waals surface area contributed by atoms with Gasteiger partial charge in [0.2, 0.25) is 0 Å². The zero-order valence-corrected chi connectivity index (χ0v) is 8.27. The van der Waals surface area contributed by atoms with Gasteiger partial charge in [-0.25, -0.2) is 4.39 Å². The number of para-hydroxylation sites is 1. The van der Waals surface area contributed by atoms with Gasteiger partial charge < -0.3 is 9.55 Å². The van der Waals surface area contributed by atoms with Crippen LogP contribution in [0.4, 0.5) is 4.39 Å². The third-order valence-electron chi connectivity index (χ3n) is 2.61. The third kappa shape index (κ3) is 1.04. The number of rotatable bonds is 1.